The van der Waals surface area contributed by atoms with Gasteiger partial charge in [0.05, 0.1) is 17.8 Å². The van der Waals surface area contributed by atoms with E-state index in [1.165, 1.54) is 0 Å². The third-order valence-corrected chi connectivity index (χ3v) is 3.33. The third kappa shape index (κ3) is 2.86. The predicted octanol–water partition coefficient (Wildman–Crippen LogP) is 2.59. The zero-order valence-electron chi connectivity index (χ0n) is 11.1. The molecule has 4 nitrogen and oxygen atoms in total. The van der Waals surface area contributed by atoms with Crippen LogP contribution >= 0.6 is 0 Å². The van der Waals surface area contributed by atoms with E-state index in [4.69, 9.17) is 0 Å². The van der Waals surface area contributed by atoms with Gasteiger partial charge in [-0.25, -0.2) is 0 Å². The lowest BCUT2D eigenvalue weighted by Gasteiger charge is -2.24. The maximum Gasteiger partial charge on any atom is 0.240 e. The van der Waals surface area contributed by atoms with Gasteiger partial charge < -0.3 is 5.32 Å². The van der Waals surface area contributed by atoms with Gasteiger partial charge in [0.15, 0.2) is 0 Å². The summed E-state index contributed by atoms with van der Waals surface area (Å²) >= 11 is 0. The van der Waals surface area contributed by atoms with Crippen molar-refractivity contribution in [2.75, 3.05) is 0 Å². The number of aromatic nitrogens is 1. The Labute approximate surface area is 108 Å². The average molecular weight is 245 g/mol. The minimum atomic E-state index is -0.928. The second-order valence-electron chi connectivity index (χ2n) is 4.35. The molecule has 18 heavy (non-hydrogen) atoms. The molecular weight excluding hydrogens is 226 g/mol. The van der Waals surface area contributed by atoms with Crippen LogP contribution in [0.2, 0.25) is 0 Å². The van der Waals surface area contributed by atoms with Crippen molar-refractivity contribution >= 4 is 5.91 Å². The van der Waals surface area contributed by atoms with Crippen molar-refractivity contribution in [3.8, 4) is 6.07 Å². The predicted molar refractivity (Wildman–Crippen MR) is 69.4 cm³/mol. The zero-order chi connectivity index (χ0) is 13.6. The van der Waals surface area contributed by atoms with E-state index in [0.717, 1.165) is 5.69 Å². The Morgan fingerprint density at radius 2 is 2.17 bits per heavy atom. The standard InChI is InChI=1S/C14H19N3O/c1-4-14(5-2,10-15)13(18)17-11(3)12-8-6-7-9-16-12/h6-9,11H,4-5H2,1-3H3,(H,17,18). The van der Waals surface area contributed by atoms with E-state index in [-0.39, 0.29) is 11.9 Å². The second kappa shape index (κ2) is 6.15. The first-order chi connectivity index (χ1) is 8.59. The van der Waals surface area contributed by atoms with E-state index >= 15 is 0 Å². The number of nitrogens with one attached hydrogen (secondary N) is 1. The van der Waals surface area contributed by atoms with Crippen molar-refractivity contribution in [2.24, 2.45) is 5.41 Å². The van der Waals surface area contributed by atoms with Gasteiger partial charge in [-0.1, -0.05) is 19.9 Å². The van der Waals surface area contributed by atoms with Gasteiger partial charge in [-0.3, -0.25) is 9.78 Å². The Balaban J connectivity index is 2.79. The molecule has 0 aromatic carbocycles. The SMILES string of the molecule is CCC(C#N)(CC)C(=O)NC(C)c1ccccn1. The summed E-state index contributed by atoms with van der Waals surface area (Å²) in [6.07, 6.45) is 2.72. The fraction of sp³-hybridized carbons (Fsp3) is 0.500. The number of carbonyl (C=O) groups is 1. The lowest BCUT2D eigenvalue weighted by Crippen LogP contribution is -2.40. The van der Waals surface area contributed by atoms with Crippen molar-refractivity contribution in [2.45, 2.75) is 39.7 Å². The quantitative estimate of drug-likeness (QED) is 0.867. The summed E-state index contributed by atoms with van der Waals surface area (Å²) in [6.45, 7) is 5.59. The molecule has 96 valence electrons. The lowest BCUT2D eigenvalue weighted by molar-refractivity contribution is -0.129. The molecule has 1 rings (SSSR count). The van der Waals surface area contributed by atoms with Gasteiger partial charge in [0, 0.05) is 6.20 Å². The second-order valence-corrected chi connectivity index (χ2v) is 4.35. The molecule has 1 heterocycles. The Morgan fingerprint density at radius 1 is 1.50 bits per heavy atom. The molecular formula is C14H19N3O. The molecule has 1 aromatic heterocycles. The van der Waals surface area contributed by atoms with Crippen LogP contribution in [0.5, 0.6) is 0 Å². The fourth-order valence-corrected chi connectivity index (χ4v) is 1.82. The molecule has 1 atom stereocenters. The molecule has 0 aliphatic heterocycles. The van der Waals surface area contributed by atoms with Crippen molar-refractivity contribution in [3.63, 3.8) is 0 Å². The fourth-order valence-electron chi connectivity index (χ4n) is 1.82. The number of nitrogens with zero attached hydrogens (tertiary/aromatic N) is 2. The van der Waals surface area contributed by atoms with E-state index in [2.05, 4.69) is 16.4 Å². The molecule has 0 spiro atoms. The topological polar surface area (TPSA) is 65.8 Å². The van der Waals surface area contributed by atoms with E-state index in [0.29, 0.717) is 12.8 Å². The first kappa shape index (κ1) is 14.2. The highest BCUT2D eigenvalue weighted by molar-refractivity contribution is 5.85. The van der Waals surface area contributed by atoms with Crippen LogP contribution in [-0.4, -0.2) is 10.9 Å². The Morgan fingerprint density at radius 3 is 2.61 bits per heavy atom. The van der Waals surface area contributed by atoms with Crippen LogP contribution in [0.3, 0.4) is 0 Å². The largest absolute Gasteiger partial charge is 0.347 e. The highest BCUT2D eigenvalue weighted by Gasteiger charge is 2.35. The van der Waals surface area contributed by atoms with Crippen molar-refractivity contribution < 1.29 is 4.79 Å². The van der Waals surface area contributed by atoms with E-state index in [9.17, 15) is 10.1 Å². The minimum Gasteiger partial charge on any atom is -0.347 e. The number of nitriles is 1. The maximum atomic E-state index is 12.2. The summed E-state index contributed by atoms with van der Waals surface area (Å²) in [4.78, 5) is 16.4. The van der Waals surface area contributed by atoms with Crippen LogP contribution in [0.4, 0.5) is 0 Å². The molecule has 1 N–H and O–H groups in total. The first-order valence-corrected chi connectivity index (χ1v) is 6.22. The van der Waals surface area contributed by atoms with Crippen molar-refractivity contribution in [1.29, 1.82) is 5.26 Å². The summed E-state index contributed by atoms with van der Waals surface area (Å²) in [5, 5.41) is 12.1. The smallest absolute Gasteiger partial charge is 0.240 e. The van der Waals surface area contributed by atoms with Crippen LogP contribution in [-0.2, 0) is 4.79 Å². The van der Waals surface area contributed by atoms with E-state index in [1.807, 2.05) is 39.0 Å². The number of amides is 1. The summed E-state index contributed by atoms with van der Waals surface area (Å²) < 4.78 is 0. The lowest BCUT2D eigenvalue weighted by atomic mass is 9.83. The van der Waals surface area contributed by atoms with Gasteiger partial charge >= 0.3 is 0 Å². The summed E-state index contributed by atoms with van der Waals surface area (Å²) in [5.41, 5.74) is -0.131. The van der Waals surface area contributed by atoms with Crippen LogP contribution in [0.25, 0.3) is 0 Å². The molecule has 1 unspecified atom stereocenters. The highest BCUT2D eigenvalue weighted by atomic mass is 16.2. The highest BCUT2D eigenvalue weighted by Crippen LogP contribution is 2.26. The molecule has 0 aliphatic rings. The summed E-state index contributed by atoms with van der Waals surface area (Å²) in [6, 6.07) is 7.51. The number of carbonyl (C=O) groups excluding carboxylic acids is 1. The Kier molecular flexibility index (Phi) is 4.85. The molecule has 4 heteroatoms. The molecule has 0 radical (unpaired) electrons. The maximum absolute atomic E-state index is 12.2. The molecule has 0 aliphatic carbocycles. The molecule has 0 saturated heterocycles. The van der Waals surface area contributed by atoms with Crippen molar-refractivity contribution in [3.05, 3.63) is 30.1 Å². The molecule has 1 aromatic rings. The minimum absolute atomic E-state index is 0.190. The monoisotopic (exact) mass is 245 g/mol. The van der Waals surface area contributed by atoms with Gasteiger partial charge in [-0.2, -0.15) is 5.26 Å². The average Bonchev–Trinajstić information content (AvgIpc) is 2.42. The summed E-state index contributed by atoms with van der Waals surface area (Å²) in [7, 11) is 0. The van der Waals surface area contributed by atoms with Gasteiger partial charge in [0.2, 0.25) is 5.91 Å². The van der Waals surface area contributed by atoms with Gasteiger partial charge in [-0.05, 0) is 31.9 Å². The number of hydrogen-bond acceptors (Lipinski definition) is 3. The van der Waals surface area contributed by atoms with Gasteiger partial charge in [0.25, 0.3) is 0 Å². The molecule has 0 saturated carbocycles. The van der Waals surface area contributed by atoms with Crippen LogP contribution < -0.4 is 5.32 Å². The van der Waals surface area contributed by atoms with Crippen LogP contribution in [0.1, 0.15) is 45.3 Å². The third-order valence-electron chi connectivity index (χ3n) is 3.33. The Bertz CT molecular complexity index is 432. The molecule has 1 amide bonds. The van der Waals surface area contributed by atoms with E-state index < -0.39 is 5.41 Å². The zero-order valence-corrected chi connectivity index (χ0v) is 11.1. The molecule has 0 fully saturated rings. The Hall–Kier alpha value is -1.89. The van der Waals surface area contributed by atoms with Crippen LogP contribution in [0.15, 0.2) is 24.4 Å². The number of hydrogen-bond donors (Lipinski definition) is 1. The first-order valence-electron chi connectivity index (χ1n) is 6.22. The number of rotatable bonds is 5. The van der Waals surface area contributed by atoms with Gasteiger partial charge in [-0.15, -0.1) is 0 Å². The molecule has 0 bridgehead atoms. The van der Waals surface area contributed by atoms with Crippen LogP contribution in [0, 0.1) is 16.7 Å². The van der Waals surface area contributed by atoms with Gasteiger partial charge in [0.1, 0.15) is 5.41 Å². The summed E-state index contributed by atoms with van der Waals surface area (Å²) in [5.74, 6) is -0.215. The number of pyridine rings is 1. The normalized spacial score (nSPS) is 12.6. The van der Waals surface area contributed by atoms with Crippen molar-refractivity contribution in [1.82, 2.24) is 10.3 Å². The van der Waals surface area contributed by atoms with E-state index in [1.54, 1.807) is 6.20 Å².